The van der Waals surface area contributed by atoms with E-state index in [-0.39, 0.29) is 17.5 Å². The van der Waals surface area contributed by atoms with Gasteiger partial charge in [-0.05, 0) is 32.4 Å². The van der Waals surface area contributed by atoms with Crippen molar-refractivity contribution < 1.29 is 19.4 Å². The smallest absolute Gasteiger partial charge is 0.334 e. The van der Waals surface area contributed by atoms with Crippen LogP contribution < -0.4 is 5.73 Å². The lowest BCUT2D eigenvalue weighted by Crippen LogP contribution is -2.26. The van der Waals surface area contributed by atoms with Gasteiger partial charge < -0.3 is 15.6 Å². The fourth-order valence-electron chi connectivity index (χ4n) is 1.23. The van der Waals surface area contributed by atoms with Crippen molar-refractivity contribution in [3.05, 3.63) is 41.5 Å². The molecule has 1 rings (SSSR count). The molecule has 0 saturated carbocycles. The molecule has 0 heterocycles. The third kappa shape index (κ3) is 11.4. The van der Waals surface area contributed by atoms with Crippen LogP contribution in [0.25, 0.3) is 6.08 Å². The Hall–Kier alpha value is -2.14. The Balaban J connectivity index is 0.000000690. The summed E-state index contributed by atoms with van der Waals surface area (Å²) in [7, 11) is 1.23. The minimum atomic E-state index is -1.06. The van der Waals surface area contributed by atoms with Gasteiger partial charge in [0.1, 0.15) is 0 Å². The number of carbonyl (C=O) groups is 2. The quantitative estimate of drug-likeness (QED) is 0.657. The van der Waals surface area contributed by atoms with Crippen molar-refractivity contribution in [1.82, 2.24) is 0 Å². The molecule has 0 aliphatic carbocycles. The van der Waals surface area contributed by atoms with Gasteiger partial charge in [-0.3, -0.25) is 4.79 Å². The minimum absolute atomic E-state index is 0. The minimum Gasteiger partial charge on any atom is -0.481 e. The molecule has 0 spiro atoms. The molecule has 0 aromatic heterocycles. The molecule has 0 bridgehead atoms. The van der Waals surface area contributed by atoms with Crippen LogP contribution in [0.15, 0.2) is 35.9 Å². The van der Waals surface area contributed by atoms with E-state index in [1.165, 1.54) is 13.2 Å². The summed E-state index contributed by atoms with van der Waals surface area (Å²) in [5.74, 6) is -1.68. The number of hydrogen-bond donors (Lipinski definition) is 2. The number of hydrogen-bond acceptors (Lipinski definition) is 4. The topological polar surface area (TPSA) is 89.6 Å². The predicted molar refractivity (Wildman–Crippen MR) is 82.6 cm³/mol. The Labute approximate surface area is 125 Å². The SMILES string of the molecule is CC(C)(C)N.COC(=O)/C(=C/c1ccccc1)CC(=O)O. The molecule has 0 radical (unpaired) electrons. The highest BCUT2D eigenvalue weighted by Crippen LogP contribution is 2.11. The standard InChI is InChI=1S/C12H12O4.C4H11N/c1-16-12(15)10(8-11(13)14)7-9-5-3-2-4-6-9;1-4(2,3)5/h2-7H,8H2,1H3,(H,13,14);5H2,1-3H3/b10-7+;. The van der Waals surface area contributed by atoms with Crippen LogP contribution in [-0.2, 0) is 14.3 Å². The first-order chi connectivity index (χ1) is 9.63. The highest BCUT2D eigenvalue weighted by Gasteiger charge is 2.13. The first-order valence-corrected chi connectivity index (χ1v) is 6.48. The summed E-state index contributed by atoms with van der Waals surface area (Å²) in [6, 6.07) is 9.02. The van der Waals surface area contributed by atoms with Crippen LogP contribution in [0.1, 0.15) is 32.8 Å². The second-order valence-electron chi connectivity index (χ2n) is 5.51. The number of aliphatic carboxylic acids is 1. The number of ether oxygens (including phenoxy) is 1. The summed E-state index contributed by atoms with van der Waals surface area (Å²) < 4.78 is 4.51. The fraction of sp³-hybridized carbons (Fsp3) is 0.375. The number of methoxy groups -OCH3 is 1. The Kier molecular flexibility index (Phi) is 8.01. The monoisotopic (exact) mass is 293 g/mol. The van der Waals surface area contributed by atoms with E-state index in [0.29, 0.717) is 0 Å². The largest absolute Gasteiger partial charge is 0.481 e. The fourth-order valence-corrected chi connectivity index (χ4v) is 1.23. The first kappa shape index (κ1) is 18.9. The zero-order valence-corrected chi connectivity index (χ0v) is 12.9. The molecule has 0 unspecified atom stereocenters. The van der Waals surface area contributed by atoms with Gasteiger partial charge in [0.2, 0.25) is 0 Å². The molecule has 0 aliphatic rings. The van der Waals surface area contributed by atoms with Gasteiger partial charge >= 0.3 is 11.9 Å². The maximum Gasteiger partial charge on any atom is 0.334 e. The lowest BCUT2D eigenvalue weighted by molar-refractivity contribution is -0.141. The first-order valence-electron chi connectivity index (χ1n) is 6.48. The number of benzene rings is 1. The highest BCUT2D eigenvalue weighted by atomic mass is 16.5. The number of carboxylic acid groups (broad SMARTS) is 1. The lowest BCUT2D eigenvalue weighted by atomic mass is 10.1. The van der Waals surface area contributed by atoms with Crippen LogP contribution in [0.2, 0.25) is 0 Å². The van der Waals surface area contributed by atoms with Crippen LogP contribution in [0.3, 0.4) is 0 Å². The maximum atomic E-state index is 11.3. The van der Waals surface area contributed by atoms with Gasteiger partial charge in [0, 0.05) is 11.1 Å². The van der Waals surface area contributed by atoms with E-state index in [2.05, 4.69) is 4.74 Å². The van der Waals surface area contributed by atoms with E-state index in [0.717, 1.165) is 5.56 Å². The van der Waals surface area contributed by atoms with Crippen LogP contribution in [0, 0.1) is 0 Å². The summed E-state index contributed by atoms with van der Waals surface area (Å²) in [5, 5.41) is 8.66. The van der Waals surface area contributed by atoms with Crippen molar-refractivity contribution in [2.75, 3.05) is 7.11 Å². The molecule has 0 aliphatic heterocycles. The molecule has 5 heteroatoms. The summed E-state index contributed by atoms with van der Waals surface area (Å²) in [6.45, 7) is 5.90. The van der Waals surface area contributed by atoms with E-state index in [1.54, 1.807) is 12.1 Å². The second-order valence-corrected chi connectivity index (χ2v) is 5.51. The van der Waals surface area contributed by atoms with E-state index < -0.39 is 11.9 Å². The van der Waals surface area contributed by atoms with Crippen LogP contribution in [0.4, 0.5) is 0 Å². The highest BCUT2D eigenvalue weighted by molar-refractivity contribution is 5.97. The third-order valence-corrected chi connectivity index (χ3v) is 1.93. The van der Waals surface area contributed by atoms with Crippen LogP contribution in [0.5, 0.6) is 0 Å². The molecule has 0 saturated heterocycles. The molecule has 0 fully saturated rings. The number of rotatable bonds is 4. The van der Waals surface area contributed by atoms with Gasteiger partial charge in [-0.15, -0.1) is 0 Å². The zero-order chi connectivity index (χ0) is 16.5. The summed E-state index contributed by atoms with van der Waals surface area (Å²) in [6.07, 6.45) is 1.17. The van der Waals surface area contributed by atoms with Gasteiger partial charge in [0.25, 0.3) is 0 Å². The maximum absolute atomic E-state index is 11.3. The van der Waals surface area contributed by atoms with E-state index >= 15 is 0 Å². The van der Waals surface area contributed by atoms with Gasteiger partial charge in [-0.2, -0.15) is 0 Å². The third-order valence-electron chi connectivity index (χ3n) is 1.93. The molecule has 1 aromatic carbocycles. The number of carbonyl (C=O) groups excluding carboxylic acids is 1. The van der Waals surface area contributed by atoms with Crippen molar-refractivity contribution in [2.45, 2.75) is 32.7 Å². The normalized spacial score (nSPS) is 11.2. The van der Waals surface area contributed by atoms with Gasteiger partial charge in [-0.25, -0.2) is 4.79 Å². The summed E-state index contributed by atoms with van der Waals surface area (Å²) >= 11 is 0. The molecule has 0 atom stereocenters. The van der Waals surface area contributed by atoms with Crippen molar-refractivity contribution in [3.63, 3.8) is 0 Å². The lowest BCUT2D eigenvalue weighted by Gasteiger charge is -2.06. The average Bonchev–Trinajstić information content (AvgIpc) is 2.36. The molecule has 1 aromatic rings. The average molecular weight is 293 g/mol. The molecule has 5 nitrogen and oxygen atoms in total. The molecule has 3 N–H and O–H groups in total. The molecule has 116 valence electrons. The van der Waals surface area contributed by atoms with Crippen molar-refractivity contribution >= 4 is 18.0 Å². The Bertz CT molecular complexity index is 481. The van der Waals surface area contributed by atoms with Crippen molar-refractivity contribution in [3.8, 4) is 0 Å². The summed E-state index contributed by atoms with van der Waals surface area (Å²) in [4.78, 5) is 21.9. The van der Waals surface area contributed by atoms with Crippen LogP contribution >= 0.6 is 0 Å². The number of carboxylic acids is 1. The Morgan fingerprint density at radius 3 is 2.10 bits per heavy atom. The van der Waals surface area contributed by atoms with Crippen molar-refractivity contribution in [1.29, 1.82) is 0 Å². The molecule has 21 heavy (non-hydrogen) atoms. The van der Waals surface area contributed by atoms with E-state index in [9.17, 15) is 9.59 Å². The van der Waals surface area contributed by atoms with Crippen LogP contribution in [-0.4, -0.2) is 29.7 Å². The number of nitrogens with two attached hydrogens (primary N) is 1. The van der Waals surface area contributed by atoms with E-state index in [4.69, 9.17) is 10.8 Å². The van der Waals surface area contributed by atoms with Gasteiger partial charge in [-0.1, -0.05) is 30.3 Å². The van der Waals surface area contributed by atoms with Crippen molar-refractivity contribution in [2.24, 2.45) is 5.73 Å². The summed E-state index contributed by atoms with van der Waals surface area (Å²) in [5.41, 5.74) is 6.25. The molecular formula is C16H23NO4. The number of esters is 1. The second kappa shape index (κ2) is 8.92. The van der Waals surface area contributed by atoms with E-state index in [1.807, 2.05) is 39.0 Å². The Morgan fingerprint density at radius 2 is 1.71 bits per heavy atom. The predicted octanol–water partition coefficient (Wildman–Crippen LogP) is 2.46. The van der Waals surface area contributed by atoms with Gasteiger partial charge in [0.05, 0.1) is 13.5 Å². The molecule has 0 amide bonds. The molecular weight excluding hydrogens is 270 g/mol. The zero-order valence-electron chi connectivity index (χ0n) is 12.9. The Morgan fingerprint density at radius 1 is 1.24 bits per heavy atom. The van der Waals surface area contributed by atoms with Gasteiger partial charge in [0.15, 0.2) is 0 Å².